The smallest absolute Gasteiger partial charge is 0.255 e. The standard InChI is InChI=1S/C11H15N3OS/c1-7-4-5-9(8(2)13-7)11(15)14(3)6-10(12)16/h4-5H,6H2,1-3H3,(H2,12,16). The van der Waals surface area contributed by atoms with Gasteiger partial charge in [0.1, 0.15) is 0 Å². The van der Waals surface area contributed by atoms with Crippen molar-refractivity contribution < 1.29 is 4.79 Å². The third-order valence-corrected chi connectivity index (χ3v) is 2.32. The second-order valence-electron chi connectivity index (χ2n) is 3.71. The fourth-order valence-electron chi connectivity index (χ4n) is 1.42. The molecule has 0 aromatic carbocycles. The van der Waals surface area contributed by atoms with Gasteiger partial charge in [0.15, 0.2) is 0 Å². The third-order valence-electron chi connectivity index (χ3n) is 2.20. The molecule has 1 aromatic heterocycles. The van der Waals surface area contributed by atoms with Crippen molar-refractivity contribution in [1.82, 2.24) is 9.88 Å². The molecule has 16 heavy (non-hydrogen) atoms. The quantitative estimate of drug-likeness (QED) is 0.798. The summed E-state index contributed by atoms with van der Waals surface area (Å²) >= 11 is 4.76. The highest BCUT2D eigenvalue weighted by molar-refractivity contribution is 7.80. The van der Waals surface area contributed by atoms with E-state index in [2.05, 4.69) is 4.98 Å². The summed E-state index contributed by atoms with van der Waals surface area (Å²) in [5.41, 5.74) is 7.60. The third kappa shape index (κ3) is 3.00. The lowest BCUT2D eigenvalue weighted by Crippen LogP contribution is -2.34. The molecule has 4 nitrogen and oxygen atoms in total. The molecule has 2 N–H and O–H groups in total. The average molecular weight is 237 g/mol. The number of aromatic nitrogens is 1. The van der Waals surface area contributed by atoms with Crippen molar-refractivity contribution in [3.63, 3.8) is 0 Å². The molecule has 0 aliphatic rings. The molecule has 0 bridgehead atoms. The minimum Gasteiger partial charge on any atom is -0.392 e. The van der Waals surface area contributed by atoms with Gasteiger partial charge in [0.2, 0.25) is 0 Å². The van der Waals surface area contributed by atoms with Crippen LogP contribution in [0.15, 0.2) is 12.1 Å². The maximum absolute atomic E-state index is 12.0. The highest BCUT2D eigenvalue weighted by Gasteiger charge is 2.15. The predicted molar refractivity (Wildman–Crippen MR) is 67.5 cm³/mol. The highest BCUT2D eigenvalue weighted by Crippen LogP contribution is 2.09. The van der Waals surface area contributed by atoms with E-state index in [1.54, 1.807) is 13.1 Å². The largest absolute Gasteiger partial charge is 0.392 e. The van der Waals surface area contributed by atoms with Crippen LogP contribution in [-0.2, 0) is 0 Å². The van der Waals surface area contributed by atoms with E-state index in [-0.39, 0.29) is 12.5 Å². The normalized spacial score (nSPS) is 9.94. The lowest BCUT2D eigenvalue weighted by Gasteiger charge is -2.17. The Bertz CT molecular complexity index is 431. The molecule has 0 fully saturated rings. The van der Waals surface area contributed by atoms with Crippen LogP contribution < -0.4 is 5.73 Å². The molecule has 0 saturated carbocycles. The van der Waals surface area contributed by atoms with Gasteiger partial charge < -0.3 is 10.6 Å². The topological polar surface area (TPSA) is 59.2 Å². The number of pyridine rings is 1. The Morgan fingerprint density at radius 3 is 2.62 bits per heavy atom. The number of hydrogen-bond acceptors (Lipinski definition) is 3. The number of amides is 1. The van der Waals surface area contributed by atoms with Gasteiger partial charge in [0, 0.05) is 12.7 Å². The number of likely N-dealkylation sites (N-methyl/N-ethyl adjacent to an activating group) is 1. The molecule has 5 heteroatoms. The molecular weight excluding hydrogens is 222 g/mol. The number of carbonyl (C=O) groups excluding carboxylic acids is 1. The van der Waals surface area contributed by atoms with E-state index in [9.17, 15) is 4.79 Å². The van der Waals surface area contributed by atoms with Crippen molar-refractivity contribution in [2.45, 2.75) is 13.8 Å². The lowest BCUT2D eigenvalue weighted by atomic mass is 10.1. The first-order valence-electron chi connectivity index (χ1n) is 4.90. The molecule has 1 rings (SSSR count). The molecule has 1 heterocycles. The van der Waals surface area contributed by atoms with Gasteiger partial charge in [-0.1, -0.05) is 12.2 Å². The van der Waals surface area contributed by atoms with E-state index in [0.717, 1.165) is 11.4 Å². The Hall–Kier alpha value is -1.49. The molecule has 0 unspecified atom stereocenters. The maximum Gasteiger partial charge on any atom is 0.255 e. The van der Waals surface area contributed by atoms with Crippen LogP contribution in [0.2, 0.25) is 0 Å². The number of nitrogens with two attached hydrogens (primary N) is 1. The molecule has 0 spiro atoms. The number of aryl methyl sites for hydroxylation is 2. The van der Waals surface area contributed by atoms with Gasteiger partial charge in [-0.15, -0.1) is 0 Å². The van der Waals surface area contributed by atoms with E-state index in [1.165, 1.54) is 4.90 Å². The molecule has 0 aliphatic carbocycles. The van der Waals surface area contributed by atoms with Crippen molar-refractivity contribution in [3.05, 3.63) is 29.1 Å². The van der Waals surface area contributed by atoms with Crippen LogP contribution in [0.4, 0.5) is 0 Å². The minimum absolute atomic E-state index is 0.113. The van der Waals surface area contributed by atoms with Crippen LogP contribution in [0.25, 0.3) is 0 Å². The van der Waals surface area contributed by atoms with Crippen LogP contribution in [0, 0.1) is 13.8 Å². The van der Waals surface area contributed by atoms with Crippen molar-refractivity contribution in [1.29, 1.82) is 0 Å². The van der Waals surface area contributed by atoms with Gasteiger partial charge in [-0.25, -0.2) is 0 Å². The summed E-state index contributed by atoms with van der Waals surface area (Å²) in [6, 6.07) is 3.59. The molecule has 0 radical (unpaired) electrons. The second kappa shape index (κ2) is 5.03. The lowest BCUT2D eigenvalue weighted by molar-refractivity contribution is 0.0814. The number of nitrogens with zero attached hydrogens (tertiary/aromatic N) is 2. The van der Waals surface area contributed by atoms with Crippen molar-refractivity contribution >= 4 is 23.1 Å². The Balaban J connectivity index is 2.92. The SMILES string of the molecule is Cc1ccc(C(=O)N(C)CC(N)=S)c(C)n1. The summed E-state index contributed by atoms with van der Waals surface area (Å²) in [6.07, 6.45) is 0. The van der Waals surface area contributed by atoms with E-state index < -0.39 is 0 Å². The van der Waals surface area contributed by atoms with Crippen LogP contribution >= 0.6 is 12.2 Å². The first-order chi connectivity index (χ1) is 7.41. The van der Waals surface area contributed by atoms with Gasteiger partial charge in [0.25, 0.3) is 5.91 Å². The fourth-order valence-corrected chi connectivity index (χ4v) is 1.62. The predicted octanol–water partition coefficient (Wildman–Crippen LogP) is 1.06. The van der Waals surface area contributed by atoms with Gasteiger partial charge in [-0.05, 0) is 26.0 Å². The number of thiocarbonyl (C=S) groups is 1. The van der Waals surface area contributed by atoms with Gasteiger partial charge in [-0.3, -0.25) is 9.78 Å². The Morgan fingerprint density at radius 1 is 1.50 bits per heavy atom. The first-order valence-corrected chi connectivity index (χ1v) is 5.30. The number of hydrogen-bond donors (Lipinski definition) is 1. The Kier molecular flexibility index (Phi) is 3.95. The van der Waals surface area contributed by atoms with Crippen LogP contribution in [0.3, 0.4) is 0 Å². The first kappa shape index (κ1) is 12.6. The number of rotatable bonds is 3. The van der Waals surface area contributed by atoms with Gasteiger partial charge in [0.05, 0.1) is 22.8 Å². The van der Waals surface area contributed by atoms with Crippen molar-refractivity contribution in [2.24, 2.45) is 5.73 Å². The second-order valence-corrected chi connectivity index (χ2v) is 4.24. The fraction of sp³-hybridized carbons (Fsp3) is 0.364. The zero-order chi connectivity index (χ0) is 12.3. The minimum atomic E-state index is -0.113. The number of carbonyl (C=O) groups is 1. The van der Waals surface area contributed by atoms with Gasteiger partial charge in [-0.2, -0.15) is 0 Å². The summed E-state index contributed by atoms with van der Waals surface area (Å²) in [5, 5.41) is 0. The molecule has 86 valence electrons. The van der Waals surface area contributed by atoms with E-state index in [0.29, 0.717) is 10.6 Å². The summed E-state index contributed by atoms with van der Waals surface area (Å²) in [4.78, 5) is 18.0. The van der Waals surface area contributed by atoms with Gasteiger partial charge >= 0.3 is 0 Å². The Morgan fingerprint density at radius 2 is 2.12 bits per heavy atom. The van der Waals surface area contributed by atoms with Crippen molar-refractivity contribution in [3.8, 4) is 0 Å². The monoisotopic (exact) mass is 237 g/mol. The molecule has 1 aromatic rings. The van der Waals surface area contributed by atoms with Crippen LogP contribution in [0.5, 0.6) is 0 Å². The van der Waals surface area contributed by atoms with Crippen LogP contribution in [0.1, 0.15) is 21.7 Å². The summed E-state index contributed by atoms with van der Waals surface area (Å²) in [7, 11) is 1.67. The zero-order valence-corrected chi connectivity index (χ0v) is 10.5. The average Bonchev–Trinajstić information content (AvgIpc) is 2.15. The molecule has 1 amide bonds. The summed E-state index contributed by atoms with van der Waals surface area (Å²) in [5.74, 6) is -0.113. The maximum atomic E-state index is 12.0. The molecule has 0 saturated heterocycles. The Labute approximate surface area is 100 Å². The zero-order valence-electron chi connectivity index (χ0n) is 9.65. The van der Waals surface area contributed by atoms with Crippen LogP contribution in [-0.4, -0.2) is 34.4 Å². The highest BCUT2D eigenvalue weighted by atomic mass is 32.1. The van der Waals surface area contributed by atoms with E-state index in [1.807, 2.05) is 19.9 Å². The van der Waals surface area contributed by atoms with E-state index >= 15 is 0 Å². The van der Waals surface area contributed by atoms with E-state index in [4.69, 9.17) is 18.0 Å². The van der Waals surface area contributed by atoms with Crippen molar-refractivity contribution in [2.75, 3.05) is 13.6 Å². The summed E-state index contributed by atoms with van der Waals surface area (Å²) in [6.45, 7) is 3.98. The summed E-state index contributed by atoms with van der Waals surface area (Å²) < 4.78 is 0. The molecular formula is C11H15N3OS. The molecule has 0 atom stereocenters. The molecule has 0 aliphatic heterocycles.